The molecular formula is C13H15NO7. The van der Waals surface area contributed by atoms with E-state index in [1.54, 1.807) is 0 Å². The number of ether oxygens (including phenoxy) is 1. The molecule has 114 valence electrons. The molecule has 1 amide bonds. The minimum absolute atomic E-state index is 0.0189. The number of hydrogen-bond donors (Lipinski definition) is 4. The van der Waals surface area contributed by atoms with Gasteiger partial charge in [0.1, 0.15) is 6.04 Å². The van der Waals surface area contributed by atoms with Gasteiger partial charge in [-0.1, -0.05) is 0 Å². The quantitative estimate of drug-likeness (QED) is 0.436. The molecule has 21 heavy (non-hydrogen) atoms. The Morgan fingerprint density at radius 2 is 1.90 bits per heavy atom. The fraction of sp³-hybridized carbons (Fsp3) is 0.308. The first-order valence-electron chi connectivity index (χ1n) is 5.97. The average Bonchev–Trinajstić information content (AvgIpc) is 2.45. The maximum absolute atomic E-state index is 11.9. The van der Waals surface area contributed by atoms with Crippen molar-refractivity contribution in [1.29, 1.82) is 0 Å². The topological polar surface area (TPSA) is 133 Å². The number of hydrogen-bond acceptors (Lipinski definition) is 6. The number of aromatic hydroxyl groups is 2. The molecule has 0 saturated heterocycles. The average molecular weight is 297 g/mol. The van der Waals surface area contributed by atoms with Gasteiger partial charge in [-0.2, -0.15) is 0 Å². The number of carbonyl (C=O) groups is 3. The van der Waals surface area contributed by atoms with Crippen molar-refractivity contribution >= 4 is 17.8 Å². The summed E-state index contributed by atoms with van der Waals surface area (Å²) in [6, 6.07) is 2.06. The van der Waals surface area contributed by atoms with E-state index in [1.807, 2.05) is 0 Å². The van der Waals surface area contributed by atoms with Gasteiger partial charge in [-0.3, -0.25) is 9.59 Å². The number of carboxylic acids is 1. The molecule has 1 atom stereocenters. The third-order valence-electron chi connectivity index (χ3n) is 2.71. The predicted molar refractivity (Wildman–Crippen MR) is 69.9 cm³/mol. The number of benzene rings is 1. The number of phenols is 2. The van der Waals surface area contributed by atoms with Crippen molar-refractivity contribution in [2.75, 3.05) is 7.11 Å². The number of esters is 1. The molecule has 0 spiro atoms. The molecule has 8 heteroatoms. The molecule has 0 aliphatic rings. The lowest BCUT2D eigenvalue weighted by molar-refractivity contribution is -0.142. The third kappa shape index (κ3) is 4.68. The Bertz CT molecular complexity index is 555. The van der Waals surface area contributed by atoms with Gasteiger partial charge in [-0.15, -0.1) is 0 Å². The number of phenolic OH excluding ortho intramolecular Hbond substituents is 2. The minimum Gasteiger partial charge on any atom is -0.504 e. The van der Waals surface area contributed by atoms with Gasteiger partial charge in [0.15, 0.2) is 11.5 Å². The van der Waals surface area contributed by atoms with Crippen molar-refractivity contribution in [1.82, 2.24) is 5.32 Å². The second kappa shape index (κ2) is 7.13. The number of rotatable bonds is 6. The highest BCUT2D eigenvalue weighted by atomic mass is 16.5. The molecule has 8 nitrogen and oxygen atoms in total. The third-order valence-corrected chi connectivity index (χ3v) is 2.71. The number of carboxylic acid groups (broad SMARTS) is 1. The number of methoxy groups -OCH3 is 1. The summed E-state index contributed by atoms with van der Waals surface area (Å²) in [6.07, 6.45) is -0.285. The largest absolute Gasteiger partial charge is 0.504 e. The summed E-state index contributed by atoms with van der Waals surface area (Å²) in [5.74, 6) is -3.52. The Labute approximate surface area is 120 Å². The van der Waals surface area contributed by atoms with Gasteiger partial charge in [-0.25, -0.2) is 4.79 Å². The lowest BCUT2D eigenvalue weighted by Gasteiger charge is -2.14. The summed E-state index contributed by atoms with van der Waals surface area (Å²) < 4.78 is 4.39. The molecule has 1 aromatic carbocycles. The molecule has 0 bridgehead atoms. The molecule has 0 fully saturated rings. The summed E-state index contributed by atoms with van der Waals surface area (Å²) in [5, 5.41) is 29.7. The highest BCUT2D eigenvalue weighted by Crippen LogP contribution is 2.24. The molecule has 0 aromatic heterocycles. The monoisotopic (exact) mass is 297 g/mol. The van der Waals surface area contributed by atoms with Crippen LogP contribution >= 0.6 is 0 Å². The van der Waals surface area contributed by atoms with Crippen LogP contribution < -0.4 is 5.32 Å². The Hall–Kier alpha value is -2.77. The Balaban J connectivity index is 2.74. The number of carbonyl (C=O) groups excluding carboxylic acids is 2. The first-order valence-corrected chi connectivity index (χ1v) is 5.97. The van der Waals surface area contributed by atoms with Crippen LogP contribution in [-0.2, 0) is 14.3 Å². The van der Waals surface area contributed by atoms with E-state index >= 15 is 0 Å². The van der Waals surface area contributed by atoms with Crippen LogP contribution in [0.1, 0.15) is 23.2 Å². The van der Waals surface area contributed by atoms with Crippen LogP contribution in [0.25, 0.3) is 0 Å². The molecule has 0 radical (unpaired) electrons. The van der Waals surface area contributed by atoms with E-state index in [0.29, 0.717) is 0 Å². The fourth-order valence-corrected chi connectivity index (χ4v) is 1.53. The second-order valence-corrected chi connectivity index (χ2v) is 4.18. The lowest BCUT2D eigenvalue weighted by atomic mass is 10.1. The van der Waals surface area contributed by atoms with Gasteiger partial charge in [0.2, 0.25) is 0 Å². The zero-order chi connectivity index (χ0) is 16.0. The minimum atomic E-state index is -1.30. The van der Waals surface area contributed by atoms with Gasteiger partial charge in [0.25, 0.3) is 5.91 Å². The number of nitrogens with one attached hydrogen (secondary N) is 1. The molecule has 1 rings (SSSR count). The van der Waals surface area contributed by atoms with Crippen molar-refractivity contribution < 1.29 is 34.4 Å². The van der Waals surface area contributed by atoms with Crippen LogP contribution in [0.5, 0.6) is 11.5 Å². The first kappa shape index (κ1) is 16.3. The van der Waals surface area contributed by atoms with Gasteiger partial charge < -0.3 is 25.4 Å². The molecule has 4 N–H and O–H groups in total. The van der Waals surface area contributed by atoms with E-state index < -0.39 is 35.4 Å². The van der Waals surface area contributed by atoms with Crippen LogP contribution in [0.2, 0.25) is 0 Å². The summed E-state index contributed by atoms with van der Waals surface area (Å²) in [6.45, 7) is 0. The molecular weight excluding hydrogens is 282 g/mol. The van der Waals surface area contributed by atoms with E-state index in [2.05, 4.69) is 10.1 Å². The highest BCUT2D eigenvalue weighted by Gasteiger charge is 2.22. The maximum Gasteiger partial charge on any atom is 0.326 e. The molecule has 0 unspecified atom stereocenters. The van der Waals surface area contributed by atoms with Crippen molar-refractivity contribution in [3.05, 3.63) is 23.8 Å². The second-order valence-electron chi connectivity index (χ2n) is 4.18. The fourth-order valence-electron chi connectivity index (χ4n) is 1.53. The summed E-state index contributed by atoms with van der Waals surface area (Å²) in [5.41, 5.74) is -0.0189. The van der Waals surface area contributed by atoms with Crippen LogP contribution in [-0.4, -0.2) is 46.3 Å². The van der Waals surface area contributed by atoms with Crippen LogP contribution in [0.3, 0.4) is 0 Å². The Morgan fingerprint density at radius 3 is 2.43 bits per heavy atom. The highest BCUT2D eigenvalue weighted by molar-refractivity contribution is 5.97. The summed E-state index contributed by atoms with van der Waals surface area (Å²) in [7, 11) is 1.18. The van der Waals surface area contributed by atoms with E-state index in [9.17, 15) is 19.5 Å². The van der Waals surface area contributed by atoms with Crippen molar-refractivity contribution in [2.45, 2.75) is 18.9 Å². The summed E-state index contributed by atoms with van der Waals surface area (Å²) >= 11 is 0. The molecule has 0 saturated carbocycles. The van der Waals surface area contributed by atoms with E-state index in [0.717, 1.165) is 12.1 Å². The van der Waals surface area contributed by atoms with Gasteiger partial charge in [-0.05, 0) is 24.6 Å². The molecule has 0 aliphatic carbocycles. The summed E-state index contributed by atoms with van der Waals surface area (Å²) in [4.78, 5) is 33.9. The van der Waals surface area contributed by atoms with Crippen LogP contribution in [0.4, 0.5) is 0 Å². The van der Waals surface area contributed by atoms with Crippen molar-refractivity contribution in [2.24, 2.45) is 0 Å². The van der Waals surface area contributed by atoms with E-state index in [4.69, 9.17) is 10.2 Å². The maximum atomic E-state index is 11.9. The SMILES string of the molecule is COC(=O)CC[C@@H](NC(=O)c1ccc(O)c(O)c1)C(=O)O. The van der Waals surface area contributed by atoms with Crippen LogP contribution in [0, 0.1) is 0 Å². The predicted octanol–water partition coefficient (Wildman–Crippen LogP) is 0.234. The normalized spacial score (nSPS) is 11.5. The Morgan fingerprint density at radius 1 is 1.24 bits per heavy atom. The molecule has 1 aromatic rings. The van der Waals surface area contributed by atoms with Crippen molar-refractivity contribution in [3.63, 3.8) is 0 Å². The van der Waals surface area contributed by atoms with Gasteiger partial charge in [0.05, 0.1) is 7.11 Å². The van der Waals surface area contributed by atoms with Gasteiger partial charge in [0, 0.05) is 12.0 Å². The number of aliphatic carboxylic acids is 1. The first-order chi connectivity index (χ1) is 9.85. The zero-order valence-corrected chi connectivity index (χ0v) is 11.2. The van der Waals surface area contributed by atoms with Crippen molar-refractivity contribution in [3.8, 4) is 11.5 Å². The van der Waals surface area contributed by atoms with E-state index in [-0.39, 0.29) is 18.4 Å². The number of amides is 1. The Kier molecular flexibility index (Phi) is 5.53. The van der Waals surface area contributed by atoms with Gasteiger partial charge >= 0.3 is 11.9 Å². The lowest BCUT2D eigenvalue weighted by Crippen LogP contribution is -2.41. The van der Waals surface area contributed by atoms with E-state index in [1.165, 1.54) is 13.2 Å². The smallest absolute Gasteiger partial charge is 0.326 e. The molecule has 0 aliphatic heterocycles. The van der Waals surface area contributed by atoms with Crippen LogP contribution in [0.15, 0.2) is 18.2 Å². The molecule has 0 heterocycles. The standard InChI is InChI=1S/C13H15NO7/c1-21-11(17)5-3-8(13(19)20)14-12(18)7-2-4-9(15)10(16)6-7/h2,4,6,8,15-16H,3,5H2,1H3,(H,14,18)(H,19,20)/t8-/m1/s1. The zero-order valence-electron chi connectivity index (χ0n) is 11.2.